The first-order valence-electron chi connectivity index (χ1n) is 14.3. The molecule has 0 bridgehead atoms. The van der Waals surface area contributed by atoms with Gasteiger partial charge in [-0.1, -0.05) is 24.3 Å². The Labute approximate surface area is 238 Å². The number of fused-ring (bicyclic) bond motifs is 3. The number of nitrogens with one attached hydrogen (secondary N) is 2. The fourth-order valence-corrected chi connectivity index (χ4v) is 5.68. The van der Waals surface area contributed by atoms with Gasteiger partial charge in [-0.05, 0) is 67.6 Å². The molecule has 2 amide bonds. The van der Waals surface area contributed by atoms with Crippen LogP contribution in [0.4, 0.5) is 11.5 Å². The summed E-state index contributed by atoms with van der Waals surface area (Å²) in [5.74, 6) is 0.620. The smallest absolute Gasteiger partial charge is 0.276 e. The van der Waals surface area contributed by atoms with E-state index in [1.165, 1.54) is 0 Å². The summed E-state index contributed by atoms with van der Waals surface area (Å²) >= 11 is 0. The molecule has 1 aliphatic carbocycles. The van der Waals surface area contributed by atoms with Gasteiger partial charge in [-0.25, -0.2) is 9.97 Å². The molecule has 3 aliphatic rings. The van der Waals surface area contributed by atoms with E-state index in [-0.39, 0.29) is 17.9 Å². The molecule has 0 radical (unpaired) electrons. The summed E-state index contributed by atoms with van der Waals surface area (Å²) in [6, 6.07) is 19.6. The number of nitrogens with zero attached hydrogens (tertiary/aromatic N) is 4. The maximum absolute atomic E-state index is 14.1. The van der Waals surface area contributed by atoms with Crippen molar-refractivity contribution in [3.8, 4) is 22.5 Å². The minimum absolute atomic E-state index is 0.0746. The molecule has 208 valence electrons. The highest BCUT2D eigenvalue weighted by Gasteiger charge is 2.29. The van der Waals surface area contributed by atoms with Crippen LogP contribution < -0.4 is 15.1 Å². The number of H-pyrrole nitrogens is 1. The van der Waals surface area contributed by atoms with Gasteiger partial charge in [0.15, 0.2) is 0 Å². The second-order valence-corrected chi connectivity index (χ2v) is 10.8. The van der Waals surface area contributed by atoms with Crippen LogP contribution in [0.2, 0.25) is 0 Å². The zero-order valence-electron chi connectivity index (χ0n) is 22.8. The summed E-state index contributed by atoms with van der Waals surface area (Å²) in [6.07, 6.45) is 5.42. The Hall–Kier alpha value is -4.50. The lowest BCUT2D eigenvalue weighted by Crippen LogP contribution is -2.33. The van der Waals surface area contributed by atoms with Crippen molar-refractivity contribution in [3.63, 3.8) is 0 Å². The molecule has 2 aliphatic heterocycles. The molecule has 5 heterocycles. The SMILES string of the molecule is O=C(NC1CC1)c1cc2c([nH]1)-c1ccccc1N(C(=O)c1cccc(-c3cccnc3N3CCCOCC3)n1)CC2. The lowest BCUT2D eigenvalue weighted by atomic mass is 10.1. The number of hydrogen-bond acceptors (Lipinski definition) is 6. The van der Waals surface area contributed by atoms with Crippen molar-refractivity contribution in [3.05, 3.63) is 83.8 Å². The molecule has 0 unspecified atom stereocenters. The first-order chi connectivity index (χ1) is 20.2. The molecule has 0 spiro atoms. The van der Waals surface area contributed by atoms with Gasteiger partial charge in [0.2, 0.25) is 0 Å². The molecule has 1 aromatic carbocycles. The van der Waals surface area contributed by atoms with Gasteiger partial charge >= 0.3 is 0 Å². The Kier molecular flexibility index (Phi) is 6.72. The number of rotatable bonds is 5. The molecule has 9 nitrogen and oxygen atoms in total. The van der Waals surface area contributed by atoms with E-state index in [4.69, 9.17) is 9.72 Å². The summed E-state index contributed by atoms with van der Waals surface area (Å²) in [5, 5.41) is 3.06. The number of pyridine rings is 2. The standard InChI is InChI=1S/C32H32N6O3/c39-31(34-22-11-12-22)27-20-21-13-16-38(28-10-2-1-6-24(28)29(21)36-27)32(40)26-9-3-8-25(35-26)23-7-4-14-33-30(23)37-15-5-18-41-19-17-37/h1-4,6-10,14,20,22,36H,5,11-13,15-19H2,(H,34,39). The second kappa shape index (κ2) is 10.8. The van der Waals surface area contributed by atoms with E-state index < -0.39 is 0 Å². The number of anilines is 2. The van der Waals surface area contributed by atoms with Gasteiger partial charge in [0.25, 0.3) is 11.8 Å². The van der Waals surface area contributed by atoms with Crippen molar-refractivity contribution in [2.24, 2.45) is 0 Å². The number of benzene rings is 1. The largest absolute Gasteiger partial charge is 0.380 e. The van der Waals surface area contributed by atoms with Crippen LogP contribution in [-0.4, -0.2) is 65.7 Å². The molecule has 3 aromatic heterocycles. The molecule has 7 rings (SSSR count). The molecular formula is C32H32N6O3. The minimum Gasteiger partial charge on any atom is -0.380 e. The summed E-state index contributed by atoms with van der Waals surface area (Å²) in [5.41, 5.74) is 6.15. The third-order valence-corrected chi connectivity index (χ3v) is 7.92. The van der Waals surface area contributed by atoms with Crippen LogP contribution in [0, 0.1) is 0 Å². The van der Waals surface area contributed by atoms with E-state index in [0.29, 0.717) is 36.7 Å². The third kappa shape index (κ3) is 5.09. The molecule has 9 heteroatoms. The van der Waals surface area contributed by atoms with Gasteiger partial charge in [0, 0.05) is 49.6 Å². The minimum atomic E-state index is -0.162. The predicted molar refractivity (Wildman–Crippen MR) is 157 cm³/mol. The van der Waals surface area contributed by atoms with Crippen LogP contribution >= 0.6 is 0 Å². The fraction of sp³-hybridized carbons (Fsp3) is 0.312. The van der Waals surface area contributed by atoms with Crippen molar-refractivity contribution in [1.29, 1.82) is 0 Å². The lowest BCUT2D eigenvalue weighted by Gasteiger charge is -2.24. The Morgan fingerprint density at radius 1 is 0.951 bits per heavy atom. The number of para-hydroxylation sites is 1. The van der Waals surface area contributed by atoms with E-state index in [2.05, 4.69) is 20.2 Å². The zero-order valence-corrected chi connectivity index (χ0v) is 22.8. The molecule has 0 atom stereocenters. The number of aromatic amines is 1. The number of aromatic nitrogens is 3. The van der Waals surface area contributed by atoms with Gasteiger partial charge in [0.1, 0.15) is 17.2 Å². The normalized spacial score (nSPS) is 16.8. The van der Waals surface area contributed by atoms with Crippen LogP contribution in [0.1, 0.15) is 45.8 Å². The second-order valence-electron chi connectivity index (χ2n) is 10.8. The zero-order chi connectivity index (χ0) is 27.8. The van der Waals surface area contributed by atoms with Gasteiger partial charge in [0.05, 0.1) is 23.7 Å². The molecule has 2 fully saturated rings. The van der Waals surface area contributed by atoms with Crippen LogP contribution in [0.3, 0.4) is 0 Å². The Bertz CT molecular complexity index is 1600. The van der Waals surface area contributed by atoms with Crippen LogP contribution in [0.5, 0.6) is 0 Å². The summed E-state index contributed by atoms with van der Waals surface area (Å²) in [7, 11) is 0. The van der Waals surface area contributed by atoms with Gasteiger partial charge in [-0.3, -0.25) is 9.59 Å². The van der Waals surface area contributed by atoms with Crippen LogP contribution in [0.25, 0.3) is 22.5 Å². The Balaban J connectivity index is 1.20. The van der Waals surface area contributed by atoms with Crippen molar-refractivity contribution in [2.75, 3.05) is 42.6 Å². The maximum Gasteiger partial charge on any atom is 0.276 e. The van der Waals surface area contributed by atoms with Gasteiger partial charge < -0.3 is 24.8 Å². The molecular weight excluding hydrogens is 516 g/mol. The van der Waals surface area contributed by atoms with E-state index >= 15 is 0 Å². The molecule has 1 saturated heterocycles. The number of carbonyl (C=O) groups is 2. The Morgan fingerprint density at radius 2 is 1.83 bits per heavy atom. The average molecular weight is 549 g/mol. The highest BCUT2D eigenvalue weighted by molar-refractivity contribution is 6.08. The average Bonchev–Trinajstić information content (AvgIpc) is 3.81. The lowest BCUT2D eigenvalue weighted by molar-refractivity contribution is 0.0944. The summed E-state index contributed by atoms with van der Waals surface area (Å²) in [4.78, 5) is 43.7. The summed E-state index contributed by atoms with van der Waals surface area (Å²) < 4.78 is 5.64. The molecule has 2 N–H and O–H groups in total. The van der Waals surface area contributed by atoms with Gasteiger partial charge in [-0.2, -0.15) is 0 Å². The first-order valence-corrected chi connectivity index (χ1v) is 14.3. The molecule has 1 saturated carbocycles. The number of amides is 2. The predicted octanol–water partition coefficient (Wildman–Crippen LogP) is 4.46. The topological polar surface area (TPSA) is 103 Å². The summed E-state index contributed by atoms with van der Waals surface area (Å²) in [6.45, 7) is 3.50. The highest BCUT2D eigenvalue weighted by atomic mass is 16.5. The number of hydrogen-bond donors (Lipinski definition) is 2. The van der Waals surface area contributed by atoms with Crippen molar-refractivity contribution in [1.82, 2.24) is 20.3 Å². The van der Waals surface area contributed by atoms with E-state index in [1.807, 2.05) is 54.6 Å². The van der Waals surface area contributed by atoms with Crippen LogP contribution in [0.15, 0.2) is 66.9 Å². The quantitative estimate of drug-likeness (QED) is 0.382. The number of carbonyl (C=O) groups excluding carboxylic acids is 2. The van der Waals surface area contributed by atoms with Crippen LogP contribution in [-0.2, 0) is 11.2 Å². The fourth-order valence-electron chi connectivity index (χ4n) is 5.68. The van der Waals surface area contributed by atoms with Crippen molar-refractivity contribution < 1.29 is 14.3 Å². The van der Waals surface area contributed by atoms with E-state index in [0.717, 1.165) is 72.8 Å². The molecule has 4 aromatic rings. The van der Waals surface area contributed by atoms with Gasteiger partial charge in [-0.15, -0.1) is 0 Å². The Morgan fingerprint density at radius 3 is 2.73 bits per heavy atom. The maximum atomic E-state index is 14.1. The van der Waals surface area contributed by atoms with E-state index in [1.54, 1.807) is 17.2 Å². The van der Waals surface area contributed by atoms with E-state index in [9.17, 15) is 9.59 Å². The van der Waals surface area contributed by atoms with Crippen molar-refractivity contribution >= 4 is 23.3 Å². The number of ether oxygens (including phenoxy) is 1. The monoisotopic (exact) mass is 548 g/mol. The molecule has 41 heavy (non-hydrogen) atoms. The third-order valence-electron chi connectivity index (χ3n) is 7.92. The van der Waals surface area contributed by atoms with Crippen molar-refractivity contribution in [2.45, 2.75) is 31.7 Å². The highest BCUT2D eigenvalue weighted by Crippen LogP contribution is 2.37. The first kappa shape index (κ1) is 25.5.